The van der Waals surface area contributed by atoms with Crippen LogP contribution in [0.3, 0.4) is 0 Å². The van der Waals surface area contributed by atoms with Crippen molar-refractivity contribution in [2.45, 2.75) is 24.6 Å². The summed E-state index contributed by atoms with van der Waals surface area (Å²) in [7, 11) is -2.07. The van der Waals surface area contributed by atoms with Crippen molar-refractivity contribution >= 4 is 66.4 Å². The van der Waals surface area contributed by atoms with Gasteiger partial charge in [-0.05, 0) is 23.6 Å². The molecular formula is C21H21Cl2N3O5S2. The molecule has 2 aromatic heterocycles. The molecule has 0 fully saturated rings. The van der Waals surface area contributed by atoms with Crippen LogP contribution in [-0.4, -0.2) is 66.4 Å². The van der Waals surface area contributed by atoms with Gasteiger partial charge >= 0.3 is 0 Å². The first-order chi connectivity index (χ1) is 15.5. The smallest absolute Gasteiger partial charge is 0.268 e. The third-order valence-corrected chi connectivity index (χ3v) is 8.49. The number of amides is 2. The highest BCUT2D eigenvalue weighted by Gasteiger charge is 2.40. The second-order valence-electron chi connectivity index (χ2n) is 8.10. The molecular weight excluding hydrogens is 509 g/mol. The number of likely N-dealkylation sites (N-methyl/N-ethyl adjacent to an activating group) is 1. The molecule has 3 aromatic rings. The number of hydrogen-bond donors (Lipinski definition) is 3. The first-order valence-electron chi connectivity index (χ1n) is 9.94. The summed E-state index contributed by atoms with van der Waals surface area (Å²) in [4.78, 5) is 30.2. The van der Waals surface area contributed by atoms with Gasteiger partial charge in [-0.15, -0.1) is 11.3 Å². The van der Waals surface area contributed by atoms with E-state index in [2.05, 4.69) is 10.3 Å². The summed E-state index contributed by atoms with van der Waals surface area (Å²) >= 11 is 13.5. The van der Waals surface area contributed by atoms with E-state index in [-0.39, 0.29) is 5.91 Å². The van der Waals surface area contributed by atoms with Gasteiger partial charge in [0.15, 0.2) is 9.84 Å². The lowest BCUT2D eigenvalue weighted by atomic mass is 10.0. The summed E-state index contributed by atoms with van der Waals surface area (Å²) in [6.07, 6.45) is -0.275. The van der Waals surface area contributed by atoms with E-state index >= 15 is 0 Å². The number of thiophene rings is 1. The summed E-state index contributed by atoms with van der Waals surface area (Å²) in [6, 6.07) is 8.04. The highest BCUT2D eigenvalue weighted by atomic mass is 35.5. The number of aliphatic hydroxyl groups excluding tert-OH is 1. The van der Waals surface area contributed by atoms with Crippen molar-refractivity contribution < 1.29 is 23.1 Å². The van der Waals surface area contributed by atoms with E-state index in [1.165, 1.54) is 23.3 Å². The Morgan fingerprint density at radius 2 is 2.03 bits per heavy atom. The highest BCUT2D eigenvalue weighted by Crippen LogP contribution is 2.39. The topological polar surface area (TPSA) is 120 Å². The minimum Gasteiger partial charge on any atom is -0.382 e. The second kappa shape index (κ2) is 8.92. The van der Waals surface area contributed by atoms with Crippen molar-refractivity contribution in [3.05, 3.63) is 56.5 Å². The maximum absolute atomic E-state index is 13.0. The minimum atomic E-state index is -3.56. The zero-order valence-corrected chi connectivity index (χ0v) is 20.8. The standard InChI is InChI=1S/C21H21Cl2N3O5S2/c1-26(21(29)14(27)9-33(2,30)31)18-11-6-4-3-5-10(11)7-12(18)25-20(28)13-8-15-17(24-13)16(22)19(23)32-15/h3-6,8,12,14,18,24,27H,7,9H2,1-2H3,(H,25,28)/t12-,14+,18+/m1/s1. The molecule has 0 aliphatic heterocycles. The molecule has 3 atom stereocenters. The number of benzene rings is 1. The number of aromatic nitrogens is 1. The SMILES string of the molecule is CN(C(=O)[C@@H](O)CS(C)(=O)=O)[C@H]1c2ccccc2C[C@H]1NC(=O)c1cc2sc(Cl)c(Cl)c2[nH]1. The molecule has 2 heterocycles. The van der Waals surface area contributed by atoms with Crippen LogP contribution in [0.2, 0.25) is 9.36 Å². The van der Waals surface area contributed by atoms with Crippen molar-refractivity contribution in [1.82, 2.24) is 15.2 Å². The van der Waals surface area contributed by atoms with Gasteiger partial charge in [-0.3, -0.25) is 9.59 Å². The first kappa shape index (κ1) is 24.0. The van der Waals surface area contributed by atoms with Gasteiger partial charge in [0.1, 0.15) is 16.1 Å². The van der Waals surface area contributed by atoms with Crippen molar-refractivity contribution in [3.63, 3.8) is 0 Å². The van der Waals surface area contributed by atoms with Crippen LogP contribution in [0.1, 0.15) is 27.7 Å². The Balaban J connectivity index is 1.59. The Kier molecular flexibility index (Phi) is 6.49. The average molecular weight is 530 g/mol. The van der Waals surface area contributed by atoms with Crippen LogP contribution in [-0.2, 0) is 21.1 Å². The van der Waals surface area contributed by atoms with Crippen LogP contribution in [0.15, 0.2) is 30.3 Å². The highest BCUT2D eigenvalue weighted by molar-refractivity contribution is 7.90. The van der Waals surface area contributed by atoms with E-state index in [0.29, 0.717) is 27.0 Å². The monoisotopic (exact) mass is 529 g/mol. The number of aromatic amines is 1. The molecule has 0 spiro atoms. The fourth-order valence-corrected chi connectivity index (χ4v) is 6.40. The molecule has 0 bridgehead atoms. The molecule has 2 amide bonds. The molecule has 0 saturated carbocycles. The predicted molar refractivity (Wildman–Crippen MR) is 129 cm³/mol. The van der Waals surface area contributed by atoms with Gasteiger partial charge in [0.25, 0.3) is 11.8 Å². The summed E-state index contributed by atoms with van der Waals surface area (Å²) in [6.45, 7) is 0. The number of nitrogens with zero attached hydrogens (tertiary/aromatic N) is 1. The molecule has 1 aliphatic rings. The molecule has 0 radical (unpaired) electrons. The lowest BCUT2D eigenvalue weighted by Crippen LogP contribution is -2.48. The molecule has 0 unspecified atom stereocenters. The van der Waals surface area contributed by atoms with E-state index in [0.717, 1.165) is 22.1 Å². The molecule has 8 nitrogen and oxygen atoms in total. The molecule has 12 heteroatoms. The summed E-state index contributed by atoms with van der Waals surface area (Å²) in [5.74, 6) is -1.79. The fourth-order valence-electron chi connectivity index (χ4n) is 4.20. The fraction of sp³-hybridized carbons (Fsp3) is 0.333. The number of carbonyl (C=O) groups is 2. The van der Waals surface area contributed by atoms with Crippen molar-refractivity contribution in [2.75, 3.05) is 19.1 Å². The molecule has 3 N–H and O–H groups in total. The number of rotatable bonds is 6. The summed E-state index contributed by atoms with van der Waals surface area (Å²) in [5, 5.41) is 13.5. The lowest BCUT2D eigenvalue weighted by molar-refractivity contribution is -0.140. The minimum absolute atomic E-state index is 0.301. The molecule has 1 aromatic carbocycles. The molecule has 0 saturated heterocycles. The van der Waals surface area contributed by atoms with Gasteiger partial charge in [0, 0.05) is 13.3 Å². The van der Waals surface area contributed by atoms with E-state index in [4.69, 9.17) is 23.2 Å². The number of fused-ring (bicyclic) bond motifs is 2. The Hall–Kier alpha value is -2.11. The van der Waals surface area contributed by atoms with Crippen LogP contribution in [0, 0.1) is 0 Å². The van der Waals surface area contributed by atoms with E-state index in [9.17, 15) is 23.1 Å². The maximum atomic E-state index is 13.0. The summed E-state index contributed by atoms with van der Waals surface area (Å²) < 4.78 is 24.3. The quantitative estimate of drug-likeness (QED) is 0.453. The number of hydrogen-bond acceptors (Lipinski definition) is 6. The number of sulfone groups is 1. The van der Waals surface area contributed by atoms with Crippen LogP contribution >= 0.6 is 34.5 Å². The number of aliphatic hydroxyl groups is 1. The van der Waals surface area contributed by atoms with Crippen LogP contribution < -0.4 is 5.32 Å². The Labute approximate surface area is 204 Å². The molecule has 4 rings (SSSR count). The predicted octanol–water partition coefficient (Wildman–Crippen LogP) is 2.80. The van der Waals surface area contributed by atoms with Crippen molar-refractivity contribution in [3.8, 4) is 0 Å². The number of halogens is 2. The maximum Gasteiger partial charge on any atom is 0.268 e. The average Bonchev–Trinajstić information content (AvgIpc) is 3.38. The van der Waals surface area contributed by atoms with E-state index < -0.39 is 39.7 Å². The van der Waals surface area contributed by atoms with Crippen LogP contribution in [0.25, 0.3) is 10.2 Å². The molecule has 176 valence electrons. The summed E-state index contributed by atoms with van der Waals surface area (Å²) in [5.41, 5.74) is 2.66. The van der Waals surface area contributed by atoms with Crippen LogP contribution in [0.5, 0.6) is 0 Å². The Morgan fingerprint density at radius 3 is 2.70 bits per heavy atom. The third kappa shape index (κ3) is 4.76. The Morgan fingerprint density at radius 1 is 1.33 bits per heavy atom. The second-order valence-corrected chi connectivity index (χ2v) is 12.3. The van der Waals surface area contributed by atoms with E-state index in [1.54, 1.807) is 6.07 Å². The van der Waals surface area contributed by atoms with Gasteiger partial charge in [-0.25, -0.2) is 8.42 Å². The lowest BCUT2D eigenvalue weighted by Gasteiger charge is -2.32. The number of H-pyrrole nitrogens is 1. The van der Waals surface area contributed by atoms with Gasteiger partial charge < -0.3 is 20.3 Å². The number of carbonyl (C=O) groups excluding carboxylic acids is 2. The van der Waals surface area contributed by atoms with Crippen molar-refractivity contribution in [2.24, 2.45) is 0 Å². The largest absolute Gasteiger partial charge is 0.382 e. The van der Waals surface area contributed by atoms with E-state index in [1.807, 2.05) is 24.3 Å². The molecule has 1 aliphatic carbocycles. The normalized spacial score (nSPS) is 18.8. The zero-order valence-electron chi connectivity index (χ0n) is 17.6. The van der Waals surface area contributed by atoms with Gasteiger partial charge in [0.05, 0.1) is 33.1 Å². The van der Waals surface area contributed by atoms with Crippen LogP contribution in [0.4, 0.5) is 0 Å². The zero-order chi connectivity index (χ0) is 24.1. The first-order valence-corrected chi connectivity index (χ1v) is 13.6. The van der Waals surface area contributed by atoms with Gasteiger partial charge in [0.2, 0.25) is 0 Å². The Bertz CT molecular complexity index is 1350. The van der Waals surface area contributed by atoms with Crippen molar-refractivity contribution in [1.29, 1.82) is 0 Å². The molecule has 33 heavy (non-hydrogen) atoms. The third-order valence-electron chi connectivity index (χ3n) is 5.64. The van der Waals surface area contributed by atoms with Gasteiger partial charge in [-0.1, -0.05) is 47.5 Å². The van der Waals surface area contributed by atoms with Gasteiger partial charge in [-0.2, -0.15) is 0 Å². The number of nitrogens with one attached hydrogen (secondary N) is 2.